The summed E-state index contributed by atoms with van der Waals surface area (Å²) in [6, 6.07) is 0. The van der Waals surface area contributed by atoms with E-state index in [4.69, 9.17) is 0 Å². The van der Waals surface area contributed by atoms with E-state index in [9.17, 15) is 0 Å². The van der Waals surface area contributed by atoms with Crippen molar-refractivity contribution in [1.29, 1.82) is 0 Å². The molecule has 1 N–H and O–H groups in total. The highest BCUT2D eigenvalue weighted by molar-refractivity contribution is 5.25. The summed E-state index contributed by atoms with van der Waals surface area (Å²) in [5, 5.41) is 3.23. The van der Waals surface area contributed by atoms with E-state index >= 15 is 0 Å². The molecule has 0 aromatic carbocycles. The first kappa shape index (κ1) is 13.2. The van der Waals surface area contributed by atoms with Crippen molar-refractivity contribution in [3.8, 4) is 0 Å². The van der Waals surface area contributed by atoms with Crippen LogP contribution in [0.2, 0.25) is 0 Å². The molecule has 1 heteroatoms. The average molecular weight is 201 g/mol. The highest BCUT2D eigenvalue weighted by Crippen LogP contribution is 1.97. The van der Waals surface area contributed by atoms with Gasteiger partial charge in [-0.15, -0.1) is 0 Å². The van der Waals surface area contributed by atoms with Crippen molar-refractivity contribution >= 4 is 0 Å². The van der Waals surface area contributed by atoms with Gasteiger partial charge in [-0.3, -0.25) is 0 Å². The van der Waals surface area contributed by atoms with Crippen LogP contribution in [0.4, 0.5) is 0 Å². The maximum atomic E-state index is 3.74. The van der Waals surface area contributed by atoms with E-state index in [2.05, 4.69) is 18.5 Å². The van der Waals surface area contributed by atoms with Crippen LogP contribution in [-0.2, 0) is 0 Å². The molecule has 15 heavy (non-hydrogen) atoms. The molecule has 0 aromatic rings. The molecular weight excluding hydrogens is 182 g/mol. The van der Waals surface area contributed by atoms with E-state index in [-0.39, 0.29) is 0 Å². The van der Waals surface area contributed by atoms with Gasteiger partial charge in [0, 0.05) is 11.4 Å². The van der Waals surface area contributed by atoms with Crippen LogP contribution in [0.15, 0.2) is 73.2 Å². The van der Waals surface area contributed by atoms with Gasteiger partial charge in [-0.1, -0.05) is 43.5 Å². The topological polar surface area (TPSA) is 12.0 Å². The first-order valence-electron chi connectivity index (χ1n) is 4.93. The van der Waals surface area contributed by atoms with Crippen LogP contribution >= 0.6 is 0 Å². The number of rotatable bonds is 6. The van der Waals surface area contributed by atoms with Crippen LogP contribution in [-0.4, -0.2) is 0 Å². The fourth-order valence-corrected chi connectivity index (χ4v) is 0.908. The Balaban J connectivity index is 4.41. The highest BCUT2D eigenvalue weighted by Gasteiger charge is 1.88. The third-order valence-electron chi connectivity index (χ3n) is 1.62. The molecule has 80 valence electrons. The minimum Gasteiger partial charge on any atom is -0.359 e. The first-order chi connectivity index (χ1) is 7.24. The summed E-state index contributed by atoms with van der Waals surface area (Å²) < 4.78 is 0. The van der Waals surface area contributed by atoms with Gasteiger partial charge in [-0.25, -0.2) is 0 Å². The van der Waals surface area contributed by atoms with Crippen molar-refractivity contribution in [2.45, 2.75) is 13.8 Å². The van der Waals surface area contributed by atoms with Crippen LogP contribution in [0.25, 0.3) is 0 Å². The van der Waals surface area contributed by atoms with Gasteiger partial charge in [-0.2, -0.15) is 0 Å². The second-order valence-corrected chi connectivity index (χ2v) is 2.95. The highest BCUT2D eigenvalue weighted by atomic mass is 14.9. The van der Waals surface area contributed by atoms with Gasteiger partial charge in [-0.05, 0) is 32.1 Å². The molecule has 0 aromatic heterocycles. The number of hydrogen-bond acceptors (Lipinski definition) is 1. The summed E-state index contributed by atoms with van der Waals surface area (Å²) in [6.45, 7) is 11.3. The summed E-state index contributed by atoms with van der Waals surface area (Å²) >= 11 is 0. The SMILES string of the molecule is C=C/C=C\C=C(/C)N/C(C=C)=C/C=C\C. The Morgan fingerprint density at radius 3 is 2.33 bits per heavy atom. The first-order valence-corrected chi connectivity index (χ1v) is 4.93. The molecule has 0 bridgehead atoms. The molecule has 0 fully saturated rings. The zero-order chi connectivity index (χ0) is 11.5. The molecular formula is C14H19N. The van der Waals surface area contributed by atoms with Crippen LogP contribution < -0.4 is 5.32 Å². The second kappa shape index (κ2) is 8.82. The minimum absolute atomic E-state index is 0.980. The molecule has 1 nitrogen and oxygen atoms in total. The lowest BCUT2D eigenvalue weighted by Gasteiger charge is -2.05. The summed E-state index contributed by atoms with van der Waals surface area (Å²) in [7, 11) is 0. The lowest BCUT2D eigenvalue weighted by Crippen LogP contribution is -2.07. The van der Waals surface area contributed by atoms with Gasteiger partial charge >= 0.3 is 0 Å². The molecule has 0 rings (SSSR count). The monoisotopic (exact) mass is 201 g/mol. The maximum Gasteiger partial charge on any atom is 0.0375 e. The standard InChI is InChI=1S/C14H19N/c1-5-8-10-11-13(4)15-14(7-3)12-9-6-2/h5-12,15H,1,3H2,2,4H3/b9-6-,10-8-,13-11+,14-12+. The van der Waals surface area contributed by atoms with Crippen LogP contribution in [0, 0.1) is 0 Å². The fraction of sp³-hybridized carbons (Fsp3) is 0.143. The largest absolute Gasteiger partial charge is 0.359 e. The van der Waals surface area contributed by atoms with Crippen LogP contribution in [0.1, 0.15) is 13.8 Å². The predicted octanol–water partition coefficient (Wildman–Crippen LogP) is 3.87. The Bertz CT molecular complexity index is 314. The quantitative estimate of drug-likeness (QED) is 0.643. The molecule has 0 saturated carbocycles. The van der Waals surface area contributed by atoms with E-state index in [0.29, 0.717) is 0 Å². The molecule has 0 aliphatic rings. The second-order valence-electron chi connectivity index (χ2n) is 2.95. The van der Waals surface area contributed by atoms with Crippen molar-refractivity contribution in [2.24, 2.45) is 0 Å². The molecule has 0 aliphatic heterocycles. The van der Waals surface area contributed by atoms with E-state index in [0.717, 1.165) is 11.4 Å². The molecule has 0 spiro atoms. The number of allylic oxidation sites excluding steroid dienone is 9. The van der Waals surface area contributed by atoms with Crippen molar-refractivity contribution in [3.63, 3.8) is 0 Å². The van der Waals surface area contributed by atoms with Crippen LogP contribution in [0.5, 0.6) is 0 Å². The summed E-state index contributed by atoms with van der Waals surface area (Å²) in [5.74, 6) is 0. The van der Waals surface area contributed by atoms with Gasteiger partial charge < -0.3 is 5.32 Å². The summed E-state index contributed by atoms with van der Waals surface area (Å²) in [4.78, 5) is 0. The van der Waals surface area contributed by atoms with Gasteiger partial charge in [0.15, 0.2) is 0 Å². The zero-order valence-corrected chi connectivity index (χ0v) is 9.53. The van der Waals surface area contributed by atoms with E-state index in [1.807, 2.05) is 50.3 Å². The fourth-order valence-electron chi connectivity index (χ4n) is 0.908. The maximum absolute atomic E-state index is 3.74. The van der Waals surface area contributed by atoms with Gasteiger partial charge in [0.1, 0.15) is 0 Å². The molecule has 0 unspecified atom stereocenters. The Morgan fingerprint density at radius 2 is 1.80 bits per heavy atom. The normalized spacial score (nSPS) is 13.5. The van der Waals surface area contributed by atoms with Gasteiger partial charge in [0.2, 0.25) is 0 Å². The molecule has 0 aliphatic carbocycles. The molecule has 0 atom stereocenters. The van der Waals surface area contributed by atoms with E-state index in [1.54, 1.807) is 12.2 Å². The lowest BCUT2D eigenvalue weighted by atomic mass is 10.3. The van der Waals surface area contributed by atoms with Crippen molar-refractivity contribution < 1.29 is 0 Å². The zero-order valence-electron chi connectivity index (χ0n) is 9.53. The smallest absolute Gasteiger partial charge is 0.0375 e. The van der Waals surface area contributed by atoms with Crippen molar-refractivity contribution in [2.75, 3.05) is 0 Å². The molecule has 0 amide bonds. The van der Waals surface area contributed by atoms with Gasteiger partial charge in [0.25, 0.3) is 0 Å². The minimum atomic E-state index is 0.980. The molecule has 0 heterocycles. The summed E-state index contributed by atoms with van der Waals surface area (Å²) in [6.07, 6.45) is 15.2. The lowest BCUT2D eigenvalue weighted by molar-refractivity contribution is 1.00. The van der Waals surface area contributed by atoms with E-state index < -0.39 is 0 Å². The molecule has 0 radical (unpaired) electrons. The molecule has 0 saturated heterocycles. The van der Waals surface area contributed by atoms with Gasteiger partial charge in [0.05, 0.1) is 0 Å². The Hall–Kier alpha value is -1.76. The summed E-state index contributed by atoms with van der Waals surface area (Å²) in [5.41, 5.74) is 2.04. The van der Waals surface area contributed by atoms with E-state index in [1.165, 1.54) is 0 Å². The number of nitrogens with one attached hydrogen (secondary N) is 1. The van der Waals surface area contributed by atoms with Crippen LogP contribution in [0.3, 0.4) is 0 Å². The number of hydrogen-bond donors (Lipinski definition) is 1. The third kappa shape index (κ3) is 7.32. The van der Waals surface area contributed by atoms with Crippen molar-refractivity contribution in [1.82, 2.24) is 5.32 Å². The Kier molecular flexibility index (Phi) is 7.79. The third-order valence-corrected chi connectivity index (χ3v) is 1.62. The van der Waals surface area contributed by atoms with Crippen molar-refractivity contribution in [3.05, 3.63) is 73.2 Å². The predicted molar refractivity (Wildman–Crippen MR) is 69.3 cm³/mol. The Labute approximate surface area is 92.9 Å². The average Bonchev–Trinajstić information content (AvgIpc) is 2.24. The Morgan fingerprint density at radius 1 is 1.07 bits per heavy atom.